The fourth-order valence-corrected chi connectivity index (χ4v) is 3.82. The molecule has 0 saturated carbocycles. The molecule has 0 aliphatic carbocycles. The molecule has 1 aliphatic heterocycles. The second kappa shape index (κ2) is 8.86. The van der Waals surface area contributed by atoms with E-state index in [0.29, 0.717) is 31.2 Å². The lowest BCUT2D eigenvalue weighted by atomic mass is 9.88. The maximum Gasteiger partial charge on any atom is 0.223 e. The van der Waals surface area contributed by atoms with E-state index < -0.39 is 0 Å². The van der Waals surface area contributed by atoms with Crippen LogP contribution in [0.2, 0.25) is 0 Å². The van der Waals surface area contributed by atoms with Crippen LogP contribution < -0.4 is 4.74 Å². The first-order valence-electron chi connectivity index (χ1n) is 10.0. The lowest BCUT2D eigenvalue weighted by molar-refractivity contribution is -0.130. The zero-order valence-electron chi connectivity index (χ0n) is 16.6. The number of amides is 1. The zero-order chi connectivity index (χ0) is 20.1. The lowest BCUT2D eigenvalue weighted by Crippen LogP contribution is -2.32. The Bertz CT molecular complexity index is 907. The van der Waals surface area contributed by atoms with E-state index in [1.54, 1.807) is 12.3 Å². The summed E-state index contributed by atoms with van der Waals surface area (Å²) >= 11 is 0. The summed E-state index contributed by atoms with van der Waals surface area (Å²) in [5.74, 6) is 1.47. The van der Waals surface area contributed by atoms with Crippen LogP contribution in [0.5, 0.6) is 5.88 Å². The third-order valence-electron chi connectivity index (χ3n) is 5.32. The van der Waals surface area contributed by atoms with E-state index in [2.05, 4.69) is 34.2 Å². The normalized spacial score (nSPS) is 16.2. The van der Waals surface area contributed by atoms with Gasteiger partial charge >= 0.3 is 0 Å². The molecule has 2 heterocycles. The smallest absolute Gasteiger partial charge is 0.223 e. The van der Waals surface area contributed by atoms with Crippen LogP contribution in [0.4, 0.5) is 0 Å². The van der Waals surface area contributed by atoms with Crippen molar-refractivity contribution in [3.8, 4) is 5.88 Å². The Morgan fingerprint density at radius 3 is 2.34 bits per heavy atom. The molecule has 1 aliphatic rings. The third-order valence-corrected chi connectivity index (χ3v) is 5.32. The second-order valence-corrected chi connectivity index (χ2v) is 7.39. The molecule has 1 saturated heterocycles. The van der Waals surface area contributed by atoms with Gasteiger partial charge in [0.2, 0.25) is 11.8 Å². The number of ether oxygens (including phenoxy) is 1. The monoisotopic (exact) mass is 387 g/mol. The van der Waals surface area contributed by atoms with E-state index in [1.807, 2.05) is 48.2 Å². The van der Waals surface area contributed by atoms with Crippen molar-refractivity contribution in [1.82, 2.24) is 14.9 Å². The molecule has 5 heteroatoms. The Labute approximate surface area is 171 Å². The van der Waals surface area contributed by atoms with Gasteiger partial charge in [-0.2, -0.15) is 4.98 Å². The van der Waals surface area contributed by atoms with E-state index >= 15 is 0 Å². The molecule has 3 aromatic rings. The number of benzene rings is 2. The maximum absolute atomic E-state index is 13.1. The Morgan fingerprint density at radius 2 is 1.72 bits per heavy atom. The number of likely N-dealkylation sites (tertiary alicyclic amines) is 1. The van der Waals surface area contributed by atoms with E-state index in [1.165, 1.54) is 0 Å². The highest BCUT2D eigenvalue weighted by molar-refractivity contribution is 5.78. The number of rotatable bonds is 6. The fourth-order valence-electron chi connectivity index (χ4n) is 3.82. The molecule has 0 bridgehead atoms. The molecule has 4 rings (SSSR count). The Balaban J connectivity index is 1.43. The van der Waals surface area contributed by atoms with Crippen molar-refractivity contribution in [3.63, 3.8) is 0 Å². The van der Waals surface area contributed by atoms with Gasteiger partial charge in [-0.1, -0.05) is 60.7 Å². The summed E-state index contributed by atoms with van der Waals surface area (Å²) in [4.78, 5) is 23.4. The topological polar surface area (TPSA) is 55.3 Å². The fraction of sp³-hybridized carbons (Fsp3) is 0.292. The number of nitrogens with zero attached hydrogens (tertiary/aromatic N) is 3. The molecule has 148 valence electrons. The van der Waals surface area contributed by atoms with E-state index in [9.17, 15) is 4.79 Å². The molecule has 0 N–H and O–H groups in total. The van der Waals surface area contributed by atoms with Gasteiger partial charge in [0.05, 0.1) is 6.54 Å². The highest BCUT2D eigenvalue weighted by Gasteiger charge is 2.30. The largest absolute Gasteiger partial charge is 0.472 e. The van der Waals surface area contributed by atoms with Crippen molar-refractivity contribution in [3.05, 3.63) is 89.9 Å². The number of aryl methyl sites for hydroxylation is 1. The van der Waals surface area contributed by atoms with Gasteiger partial charge in [-0.15, -0.1) is 0 Å². The highest BCUT2D eigenvalue weighted by atomic mass is 16.5. The summed E-state index contributed by atoms with van der Waals surface area (Å²) in [6.45, 7) is 3.15. The second-order valence-electron chi connectivity index (χ2n) is 7.39. The molecule has 1 fully saturated rings. The third kappa shape index (κ3) is 4.80. The Kier molecular flexibility index (Phi) is 5.84. The standard InChI is InChI=1S/C24H25N3O2/c1-18-25-14-12-23(26-18)29-21-13-15-27(17-21)24(28)16-22(19-8-4-2-5-9-19)20-10-6-3-7-11-20/h2-12,14,21-22H,13,15-17H2,1H3/t21-/m0/s1. The molecule has 0 radical (unpaired) electrons. The predicted molar refractivity (Wildman–Crippen MR) is 112 cm³/mol. The van der Waals surface area contributed by atoms with Crippen LogP contribution in [0.25, 0.3) is 0 Å². The van der Waals surface area contributed by atoms with Crippen molar-refractivity contribution >= 4 is 5.91 Å². The molecule has 29 heavy (non-hydrogen) atoms. The number of carbonyl (C=O) groups is 1. The first-order valence-corrected chi connectivity index (χ1v) is 10.0. The summed E-state index contributed by atoms with van der Waals surface area (Å²) in [5, 5.41) is 0. The summed E-state index contributed by atoms with van der Waals surface area (Å²) in [6, 6.07) is 22.3. The van der Waals surface area contributed by atoms with Crippen molar-refractivity contribution in [1.29, 1.82) is 0 Å². The summed E-state index contributed by atoms with van der Waals surface area (Å²) in [6.07, 6.45) is 2.93. The number of carbonyl (C=O) groups excluding carboxylic acids is 1. The van der Waals surface area contributed by atoms with Crippen LogP contribution in [0.3, 0.4) is 0 Å². The number of aromatic nitrogens is 2. The maximum atomic E-state index is 13.1. The quantitative estimate of drug-likeness (QED) is 0.642. The highest BCUT2D eigenvalue weighted by Crippen LogP contribution is 2.29. The Morgan fingerprint density at radius 1 is 1.07 bits per heavy atom. The minimum atomic E-state index is -0.0276. The molecule has 1 aromatic heterocycles. The van der Waals surface area contributed by atoms with Crippen LogP contribution >= 0.6 is 0 Å². The first kappa shape index (κ1) is 19.1. The van der Waals surface area contributed by atoms with Gasteiger partial charge in [0, 0.05) is 37.6 Å². The first-order chi connectivity index (χ1) is 14.2. The molecular formula is C24H25N3O2. The van der Waals surface area contributed by atoms with E-state index in [4.69, 9.17) is 4.74 Å². The summed E-state index contributed by atoms with van der Waals surface area (Å²) < 4.78 is 5.97. The average Bonchev–Trinajstić information content (AvgIpc) is 3.22. The molecule has 0 unspecified atom stereocenters. The number of hydrogen-bond acceptors (Lipinski definition) is 4. The average molecular weight is 387 g/mol. The van der Waals surface area contributed by atoms with Gasteiger partial charge in [0.25, 0.3) is 0 Å². The van der Waals surface area contributed by atoms with Crippen LogP contribution in [0.15, 0.2) is 72.9 Å². The van der Waals surface area contributed by atoms with Crippen molar-refractivity contribution in [2.45, 2.75) is 31.8 Å². The minimum absolute atomic E-state index is 0.0276. The SMILES string of the molecule is Cc1nccc(O[C@H]2CCN(C(=O)CC(c3ccccc3)c3ccccc3)C2)n1. The van der Waals surface area contributed by atoms with Crippen LogP contribution in [-0.4, -0.2) is 40.0 Å². The van der Waals surface area contributed by atoms with E-state index in [0.717, 1.165) is 17.5 Å². The molecule has 2 aromatic carbocycles. The van der Waals surface area contributed by atoms with Crippen molar-refractivity contribution in [2.24, 2.45) is 0 Å². The predicted octanol–water partition coefficient (Wildman–Crippen LogP) is 3.99. The van der Waals surface area contributed by atoms with Crippen LogP contribution in [-0.2, 0) is 4.79 Å². The van der Waals surface area contributed by atoms with Gasteiger partial charge in [0.1, 0.15) is 11.9 Å². The summed E-state index contributed by atoms with van der Waals surface area (Å²) in [7, 11) is 0. The lowest BCUT2D eigenvalue weighted by Gasteiger charge is -2.22. The van der Waals surface area contributed by atoms with Crippen LogP contribution in [0, 0.1) is 6.92 Å². The molecule has 5 nitrogen and oxygen atoms in total. The van der Waals surface area contributed by atoms with Gasteiger partial charge in [-0.3, -0.25) is 4.79 Å². The molecular weight excluding hydrogens is 362 g/mol. The molecule has 0 spiro atoms. The number of hydrogen-bond donors (Lipinski definition) is 0. The van der Waals surface area contributed by atoms with Crippen molar-refractivity contribution in [2.75, 3.05) is 13.1 Å². The zero-order valence-corrected chi connectivity index (χ0v) is 16.6. The molecule has 1 amide bonds. The van der Waals surface area contributed by atoms with Gasteiger partial charge < -0.3 is 9.64 Å². The Hall–Kier alpha value is -3.21. The van der Waals surface area contributed by atoms with Gasteiger partial charge in [-0.25, -0.2) is 4.98 Å². The van der Waals surface area contributed by atoms with Gasteiger partial charge in [0.15, 0.2) is 0 Å². The van der Waals surface area contributed by atoms with Crippen molar-refractivity contribution < 1.29 is 9.53 Å². The van der Waals surface area contributed by atoms with Crippen LogP contribution in [0.1, 0.15) is 35.7 Å². The summed E-state index contributed by atoms with van der Waals surface area (Å²) in [5.41, 5.74) is 2.33. The van der Waals surface area contributed by atoms with Gasteiger partial charge in [-0.05, 0) is 18.1 Å². The molecule has 1 atom stereocenters. The van der Waals surface area contributed by atoms with E-state index in [-0.39, 0.29) is 17.9 Å². The minimum Gasteiger partial charge on any atom is -0.472 e.